The molecular weight excluding hydrogens is 407 g/mol. The second-order valence-electron chi connectivity index (χ2n) is 6.16. The van der Waals surface area contributed by atoms with E-state index in [9.17, 15) is 4.79 Å². The number of nitrogens with one attached hydrogen (secondary N) is 1. The maximum absolute atomic E-state index is 12.5. The van der Waals surface area contributed by atoms with Crippen LogP contribution in [0, 0.1) is 0 Å². The summed E-state index contributed by atoms with van der Waals surface area (Å²) in [6, 6.07) is 4.72. The van der Waals surface area contributed by atoms with Gasteiger partial charge in [0, 0.05) is 6.54 Å². The van der Waals surface area contributed by atoms with E-state index in [1.807, 2.05) is 17.8 Å². The van der Waals surface area contributed by atoms with E-state index in [-0.39, 0.29) is 11.9 Å². The van der Waals surface area contributed by atoms with Crippen molar-refractivity contribution in [1.29, 1.82) is 0 Å². The molecule has 144 valence electrons. The molecule has 2 heterocycles. The summed E-state index contributed by atoms with van der Waals surface area (Å²) in [4.78, 5) is 21.1. The van der Waals surface area contributed by atoms with Gasteiger partial charge in [-0.3, -0.25) is 15.1 Å². The lowest BCUT2D eigenvalue weighted by molar-refractivity contribution is -0.122. The van der Waals surface area contributed by atoms with Crippen molar-refractivity contribution in [2.24, 2.45) is 20.3 Å². The number of amides is 1. The predicted octanol–water partition coefficient (Wildman–Crippen LogP) is 3.96. The Labute approximate surface area is 172 Å². The third-order valence-corrected chi connectivity index (χ3v) is 5.58. The van der Waals surface area contributed by atoms with Gasteiger partial charge >= 0.3 is 0 Å². The number of amidine groups is 1. The van der Waals surface area contributed by atoms with Gasteiger partial charge in [-0.15, -0.1) is 5.11 Å². The number of halogens is 2. The fourth-order valence-corrected chi connectivity index (χ4v) is 3.56. The van der Waals surface area contributed by atoms with Crippen LogP contribution in [0.4, 0.5) is 0 Å². The molecule has 0 radical (unpaired) electrons. The van der Waals surface area contributed by atoms with Gasteiger partial charge in [-0.1, -0.05) is 40.9 Å². The molecule has 1 atom stereocenters. The van der Waals surface area contributed by atoms with Crippen LogP contribution in [0.5, 0.6) is 0 Å². The average Bonchev–Trinajstić information content (AvgIpc) is 3.06. The number of hydrogen-bond donors (Lipinski definition) is 1. The van der Waals surface area contributed by atoms with Gasteiger partial charge < -0.3 is 0 Å². The Balaban J connectivity index is 1.60. The summed E-state index contributed by atoms with van der Waals surface area (Å²) in [5, 5.41) is 13.5. The topological polar surface area (TPSA) is 81.8 Å². The van der Waals surface area contributed by atoms with Crippen LogP contribution in [-0.2, 0) is 11.3 Å². The minimum absolute atomic E-state index is 0.206. The number of carbonyl (C=O) groups is 1. The predicted molar refractivity (Wildman–Crippen MR) is 111 cm³/mol. The highest BCUT2D eigenvalue weighted by Gasteiger charge is 2.39. The second kappa shape index (κ2) is 9.52. The summed E-state index contributed by atoms with van der Waals surface area (Å²) >= 11 is 13.8. The first-order valence-electron chi connectivity index (χ1n) is 8.63. The highest BCUT2D eigenvalue weighted by Crippen LogP contribution is 2.23. The van der Waals surface area contributed by atoms with Crippen LogP contribution in [0.25, 0.3) is 0 Å². The number of unbranched alkanes of at least 4 members (excludes halogenated alkanes) is 2. The Morgan fingerprint density at radius 1 is 1.26 bits per heavy atom. The normalized spacial score (nSPS) is 20.0. The molecule has 1 amide bonds. The molecule has 0 aromatic heterocycles. The van der Waals surface area contributed by atoms with Crippen LogP contribution < -0.4 is 5.32 Å². The van der Waals surface area contributed by atoms with Crippen molar-refractivity contribution < 1.29 is 4.79 Å². The maximum atomic E-state index is 12.5. The van der Waals surface area contributed by atoms with Crippen LogP contribution in [-0.4, -0.2) is 47.3 Å². The molecule has 1 aromatic rings. The zero-order valence-corrected chi connectivity index (χ0v) is 17.2. The van der Waals surface area contributed by atoms with E-state index in [2.05, 4.69) is 31.9 Å². The second-order valence-corrected chi connectivity index (χ2v) is 7.96. The number of carbonyl (C=O) groups excluding carboxylic acids is 1. The standard InChI is InChI=1S/C17H20Cl2N6OS/c1-27-8-4-2-3-7-25-14-15(23-24-25)21-17(22-16(14)26)20-10-11-5-6-12(18)13(19)9-11/h5-6,9,14H,2-4,7-8,10H2,1H3,(H,20,22,26). The van der Waals surface area contributed by atoms with Crippen LogP contribution in [0.15, 0.2) is 38.5 Å². The van der Waals surface area contributed by atoms with Crippen molar-refractivity contribution in [2.45, 2.75) is 31.8 Å². The van der Waals surface area contributed by atoms with Crippen LogP contribution in [0.2, 0.25) is 10.0 Å². The number of guanidine groups is 1. The highest BCUT2D eigenvalue weighted by molar-refractivity contribution is 7.98. The summed E-state index contributed by atoms with van der Waals surface area (Å²) in [5.41, 5.74) is 0.869. The molecule has 0 spiro atoms. The molecule has 3 rings (SSSR count). The number of benzene rings is 1. The quantitative estimate of drug-likeness (QED) is 0.638. The van der Waals surface area contributed by atoms with E-state index in [0.29, 0.717) is 29.0 Å². The minimum Gasteiger partial charge on any atom is -0.292 e. The molecule has 1 aromatic carbocycles. The summed E-state index contributed by atoms with van der Waals surface area (Å²) in [5.74, 6) is 1.56. The fraction of sp³-hybridized carbons (Fsp3) is 0.471. The van der Waals surface area contributed by atoms with E-state index >= 15 is 0 Å². The molecule has 1 N–H and O–H groups in total. The molecule has 0 bridgehead atoms. The number of fused-ring (bicyclic) bond motifs is 1. The average molecular weight is 427 g/mol. The smallest absolute Gasteiger partial charge is 0.259 e. The first-order valence-corrected chi connectivity index (χ1v) is 10.8. The summed E-state index contributed by atoms with van der Waals surface area (Å²) < 4.78 is 0. The van der Waals surface area contributed by atoms with Gasteiger partial charge in [-0.25, -0.2) is 4.99 Å². The number of aliphatic imine (C=N–C) groups is 2. The Kier molecular flexibility index (Phi) is 7.09. The molecule has 7 nitrogen and oxygen atoms in total. The molecule has 10 heteroatoms. The number of rotatable bonds is 8. The Hall–Kier alpha value is -1.64. The molecule has 2 aliphatic rings. The van der Waals surface area contributed by atoms with Crippen molar-refractivity contribution in [2.75, 3.05) is 18.6 Å². The van der Waals surface area contributed by atoms with Gasteiger partial charge in [0.15, 0.2) is 11.9 Å². The van der Waals surface area contributed by atoms with Gasteiger partial charge in [0.25, 0.3) is 5.91 Å². The first kappa shape index (κ1) is 20.1. The van der Waals surface area contributed by atoms with Gasteiger partial charge in [-0.2, -0.15) is 16.8 Å². The monoisotopic (exact) mass is 426 g/mol. The molecule has 0 fully saturated rings. The molecule has 2 aliphatic heterocycles. The van der Waals surface area contributed by atoms with Gasteiger partial charge in [0.1, 0.15) is 0 Å². The minimum atomic E-state index is -0.561. The lowest BCUT2D eigenvalue weighted by Crippen LogP contribution is -2.51. The van der Waals surface area contributed by atoms with Crippen LogP contribution >= 0.6 is 35.0 Å². The fourth-order valence-electron chi connectivity index (χ4n) is 2.74. The third kappa shape index (κ3) is 5.21. The molecule has 27 heavy (non-hydrogen) atoms. The summed E-state index contributed by atoms with van der Waals surface area (Å²) in [7, 11) is 0. The van der Waals surface area contributed by atoms with Crippen molar-refractivity contribution >= 4 is 52.7 Å². The Morgan fingerprint density at radius 3 is 2.89 bits per heavy atom. The lowest BCUT2D eigenvalue weighted by atomic mass is 10.2. The zero-order chi connectivity index (χ0) is 19.2. The molecule has 0 saturated heterocycles. The molecular formula is C17H20Cl2N6OS. The summed E-state index contributed by atoms with van der Waals surface area (Å²) in [6.45, 7) is 1.01. The third-order valence-electron chi connectivity index (χ3n) is 4.14. The van der Waals surface area contributed by atoms with Crippen molar-refractivity contribution in [1.82, 2.24) is 10.3 Å². The van der Waals surface area contributed by atoms with Gasteiger partial charge in [0.05, 0.1) is 16.6 Å². The van der Waals surface area contributed by atoms with Crippen molar-refractivity contribution in [3.05, 3.63) is 33.8 Å². The molecule has 1 unspecified atom stereocenters. The Morgan fingerprint density at radius 2 is 2.11 bits per heavy atom. The summed E-state index contributed by atoms with van der Waals surface area (Å²) in [6.07, 6.45) is 5.33. The number of nitrogens with zero attached hydrogens (tertiary/aromatic N) is 5. The van der Waals surface area contributed by atoms with E-state index in [0.717, 1.165) is 30.6 Å². The van der Waals surface area contributed by atoms with Crippen LogP contribution in [0.3, 0.4) is 0 Å². The van der Waals surface area contributed by atoms with Crippen molar-refractivity contribution in [3.63, 3.8) is 0 Å². The molecule has 0 aliphatic carbocycles. The van der Waals surface area contributed by atoms with Crippen LogP contribution in [0.1, 0.15) is 24.8 Å². The first-order chi connectivity index (χ1) is 13.1. The SMILES string of the molecule is CSCCCCCN1N=NC2=NC(=NCc3ccc(Cl)c(Cl)c3)NC(=O)C21. The Bertz CT molecular complexity index is 798. The van der Waals surface area contributed by atoms with E-state index in [1.165, 1.54) is 0 Å². The van der Waals surface area contributed by atoms with E-state index in [1.54, 1.807) is 17.1 Å². The lowest BCUT2D eigenvalue weighted by Gasteiger charge is -2.23. The highest BCUT2D eigenvalue weighted by atomic mass is 35.5. The zero-order valence-electron chi connectivity index (χ0n) is 14.9. The van der Waals surface area contributed by atoms with Crippen molar-refractivity contribution in [3.8, 4) is 0 Å². The maximum Gasteiger partial charge on any atom is 0.259 e. The number of hydrogen-bond acceptors (Lipinski definition) is 6. The van der Waals surface area contributed by atoms with Gasteiger partial charge in [-0.05, 0) is 42.5 Å². The van der Waals surface area contributed by atoms with E-state index < -0.39 is 6.04 Å². The van der Waals surface area contributed by atoms with E-state index in [4.69, 9.17) is 23.2 Å². The number of thioether (sulfide) groups is 1. The molecule has 0 saturated carbocycles. The largest absolute Gasteiger partial charge is 0.292 e. The van der Waals surface area contributed by atoms with Gasteiger partial charge in [0.2, 0.25) is 5.96 Å².